The van der Waals surface area contributed by atoms with E-state index in [1.807, 2.05) is 18.2 Å². The molecule has 3 rings (SSSR count). The third-order valence-corrected chi connectivity index (χ3v) is 7.19. The van der Waals surface area contributed by atoms with Crippen molar-refractivity contribution in [1.82, 2.24) is 10.2 Å². The number of halogens is 1. The first kappa shape index (κ1) is 25.6. The Bertz CT molecular complexity index is 800. The molecule has 1 fully saturated rings. The minimum absolute atomic E-state index is 0.307. The van der Waals surface area contributed by atoms with Crippen LogP contribution in [0.1, 0.15) is 103 Å². The van der Waals surface area contributed by atoms with Crippen LogP contribution in [0.5, 0.6) is 5.75 Å². The van der Waals surface area contributed by atoms with E-state index >= 15 is 0 Å². The summed E-state index contributed by atoms with van der Waals surface area (Å²) in [6.45, 7) is 5.10. The Morgan fingerprint density at radius 3 is 2.21 bits per heavy atom. The normalized spacial score (nSPS) is 18.4. The standard InChI is InChI=1S/C29H43FN2O/c1-3-5-7-9-21-33-26-18-19-27(28(30)22-26)29-20-17-25(31-32-29)16-15-24-13-11-23(12-14-24)10-8-6-4-2/h17-20,22-24H,3-16,21H2,1-2H3. The van der Waals surface area contributed by atoms with Gasteiger partial charge in [-0.2, -0.15) is 10.2 Å². The van der Waals surface area contributed by atoms with Gasteiger partial charge in [-0.3, -0.25) is 0 Å². The first-order valence-electron chi connectivity index (χ1n) is 13.4. The van der Waals surface area contributed by atoms with E-state index in [1.54, 1.807) is 6.07 Å². The van der Waals surface area contributed by atoms with Gasteiger partial charge in [0.2, 0.25) is 0 Å². The van der Waals surface area contributed by atoms with Gasteiger partial charge in [0.05, 0.1) is 18.0 Å². The molecule has 0 radical (unpaired) electrons. The zero-order chi connectivity index (χ0) is 23.3. The monoisotopic (exact) mass is 454 g/mol. The van der Waals surface area contributed by atoms with E-state index < -0.39 is 0 Å². The summed E-state index contributed by atoms with van der Waals surface area (Å²) in [7, 11) is 0. The van der Waals surface area contributed by atoms with Crippen LogP contribution < -0.4 is 4.74 Å². The fourth-order valence-electron chi connectivity index (χ4n) is 4.99. The SMILES string of the molecule is CCCCCCOc1ccc(-c2ccc(CCC3CCC(CCCCC)CC3)nn2)c(F)c1. The van der Waals surface area contributed by atoms with E-state index in [0.29, 0.717) is 23.6 Å². The van der Waals surface area contributed by atoms with Crippen molar-refractivity contribution in [2.24, 2.45) is 11.8 Å². The number of nitrogens with zero attached hydrogens (tertiary/aromatic N) is 2. The second kappa shape index (κ2) is 14.3. The quantitative estimate of drug-likeness (QED) is 0.268. The highest BCUT2D eigenvalue weighted by Crippen LogP contribution is 2.34. The molecule has 182 valence electrons. The predicted octanol–water partition coefficient (Wildman–Crippen LogP) is 8.56. The Hall–Kier alpha value is -1.97. The van der Waals surface area contributed by atoms with Crippen LogP contribution in [0, 0.1) is 17.7 Å². The molecule has 1 aromatic heterocycles. The number of hydrogen-bond donors (Lipinski definition) is 0. The summed E-state index contributed by atoms with van der Waals surface area (Å²) in [6.07, 6.45) is 17.8. The largest absolute Gasteiger partial charge is 0.493 e. The molecule has 3 nitrogen and oxygen atoms in total. The van der Waals surface area contributed by atoms with Gasteiger partial charge in [-0.1, -0.05) is 84.5 Å². The average molecular weight is 455 g/mol. The van der Waals surface area contributed by atoms with Crippen molar-refractivity contribution in [1.29, 1.82) is 0 Å². The molecular formula is C29H43FN2O. The van der Waals surface area contributed by atoms with Gasteiger partial charge in [-0.15, -0.1) is 0 Å². The zero-order valence-corrected chi connectivity index (χ0v) is 20.8. The van der Waals surface area contributed by atoms with Crippen molar-refractivity contribution in [3.63, 3.8) is 0 Å². The molecular weight excluding hydrogens is 411 g/mol. The molecule has 1 aliphatic rings. The summed E-state index contributed by atoms with van der Waals surface area (Å²) in [5.74, 6) is 2.05. The minimum atomic E-state index is -0.307. The molecule has 2 aromatic rings. The number of aryl methyl sites for hydroxylation is 1. The van der Waals surface area contributed by atoms with Gasteiger partial charge in [-0.25, -0.2) is 4.39 Å². The Morgan fingerprint density at radius 2 is 1.55 bits per heavy atom. The molecule has 0 amide bonds. The highest BCUT2D eigenvalue weighted by Gasteiger charge is 2.21. The van der Waals surface area contributed by atoms with Gasteiger partial charge < -0.3 is 4.74 Å². The van der Waals surface area contributed by atoms with Crippen LogP contribution in [-0.2, 0) is 6.42 Å². The Morgan fingerprint density at radius 1 is 0.818 bits per heavy atom. The lowest BCUT2D eigenvalue weighted by atomic mass is 9.78. The predicted molar refractivity (Wildman–Crippen MR) is 135 cm³/mol. The van der Waals surface area contributed by atoms with E-state index in [9.17, 15) is 4.39 Å². The van der Waals surface area contributed by atoms with Crippen LogP contribution in [0.2, 0.25) is 0 Å². The van der Waals surface area contributed by atoms with Gasteiger partial charge in [0.15, 0.2) is 0 Å². The maximum absolute atomic E-state index is 14.6. The topological polar surface area (TPSA) is 35.0 Å². The van der Waals surface area contributed by atoms with E-state index in [1.165, 1.54) is 76.7 Å². The molecule has 1 saturated carbocycles. The number of rotatable bonds is 14. The van der Waals surface area contributed by atoms with Crippen LogP contribution in [0.3, 0.4) is 0 Å². The first-order chi connectivity index (χ1) is 16.2. The second-order valence-electron chi connectivity index (χ2n) is 9.88. The molecule has 1 aromatic carbocycles. The first-order valence-corrected chi connectivity index (χ1v) is 13.4. The molecule has 0 N–H and O–H groups in total. The highest BCUT2D eigenvalue weighted by molar-refractivity contribution is 5.60. The summed E-state index contributed by atoms with van der Waals surface area (Å²) in [5, 5.41) is 8.72. The van der Waals surface area contributed by atoms with Crippen LogP contribution in [0.4, 0.5) is 4.39 Å². The van der Waals surface area contributed by atoms with Crippen molar-refractivity contribution in [2.45, 2.75) is 104 Å². The van der Waals surface area contributed by atoms with Crippen molar-refractivity contribution in [3.8, 4) is 17.0 Å². The Kier molecular flexibility index (Phi) is 11.1. The van der Waals surface area contributed by atoms with Crippen LogP contribution in [0.15, 0.2) is 30.3 Å². The number of ether oxygens (including phenoxy) is 1. The van der Waals surface area contributed by atoms with E-state index in [2.05, 4.69) is 24.0 Å². The second-order valence-corrected chi connectivity index (χ2v) is 9.88. The maximum Gasteiger partial charge on any atom is 0.136 e. The minimum Gasteiger partial charge on any atom is -0.493 e. The summed E-state index contributed by atoms with van der Waals surface area (Å²) in [5.41, 5.74) is 2.07. The summed E-state index contributed by atoms with van der Waals surface area (Å²) >= 11 is 0. The lowest BCUT2D eigenvalue weighted by Gasteiger charge is -2.28. The van der Waals surface area contributed by atoms with Crippen molar-refractivity contribution < 1.29 is 9.13 Å². The fraction of sp³-hybridized carbons (Fsp3) is 0.655. The van der Waals surface area contributed by atoms with E-state index in [4.69, 9.17) is 4.74 Å². The van der Waals surface area contributed by atoms with Gasteiger partial charge in [0.1, 0.15) is 11.6 Å². The summed E-state index contributed by atoms with van der Waals surface area (Å²) in [6, 6.07) is 8.95. The van der Waals surface area contributed by atoms with E-state index in [0.717, 1.165) is 36.8 Å². The molecule has 0 atom stereocenters. The Labute approximate surface area is 200 Å². The fourth-order valence-corrected chi connectivity index (χ4v) is 4.99. The van der Waals surface area contributed by atoms with Crippen molar-refractivity contribution in [2.75, 3.05) is 6.61 Å². The lowest BCUT2D eigenvalue weighted by molar-refractivity contribution is 0.248. The highest BCUT2D eigenvalue weighted by atomic mass is 19.1. The molecule has 1 heterocycles. The third-order valence-electron chi connectivity index (χ3n) is 7.19. The van der Waals surface area contributed by atoms with Crippen LogP contribution in [-0.4, -0.2) is 16.8 Å². The molecule has 1 aliphatic carbocycles. The zero-order valence-electron chi connectivity index (χ0n) is 20.8. The molecule has 0 saturated heterocycles. The number of benzene rings is 1. The Balaban J connectivity index is 1.42. The molecule has 4 heteroatoms. The van der Waals surface area contributed by atoms with Gasteiger partial charge in [0, 0.05) is 11.6 Å². The number of unbranched alkanes of at least 4 members (excludes halogenated alkanes) is 5. The summed E-state index contributed by atoms with van der Waals surface area (Å²) < 4.78 is 20.3. The van der Waals surface area contributed by atoms with Crippen LogP contribution >= 0.6 is 0 Å². The molecule has 33 heavy (non-hydrogen) atoms. The number of aromatic nitrogens is 2. The molecule has 0 unspecified atom stereocenters. The molecule has 0 spiro atoms. The van der Waals surface area contributed by atoms with Gasteiger partial charge in [-0.05, 0) is 55.4 Å². The van der Waals surface area contributed by atoms with E-state index in [-0.39, 0.29) is 5.82 Å². The summed E-state index contributed by atoms with van der Waals surface area (Å²) in [4.78, 5) is 0. The molecule has 0 bridgehead atoms. The molecule has 0 aliphatic heterocycles. The van der Waals surface area contributed by atoms with Gasteiger partial charge in [0.25, 0.3) is 0 Å². The van der Waals surface area contributed by atoms with Crippen LogP contribution in [0.25, 0.3) is 11.3 Å². The maximum atomic E-state index is 14.6. The van der Waals surface area contributed by atoms with Crippen molar-refractivity contribution in [3.05, 3.63) is 41.8 Å². The smallest absolute Gasteiger partial charge is 0.136 e. The average Bonchev–Trinajstić information content (AvgIpc) is 2.84. The van der Waals surface area contributed by atoms with Crippen molar-refractivity contribution >= 4 is 0 Å². The van der Waals surface area contributed by atoms with Gasteiger partial charge >= 0.3 is 0 Å². The lowest BCUT2D eigenvalue weighted by Crippen LogP contribution is -2.15. The number of hydrogen-bond acceptors (Lipinski definition) is 3. The third kappa shape index (κ3) is 8.72.